The first-order valence-corrected chi connectivity index (χ1v) is 7.40. The Kier molecular flexibility index (Phi) is 8.16. The number of ether oxygens (including phenoxy) is 1. The van der Waals surface area contributed by atoms with Crippen LogP contribution in [-0.4, -0.2) is 12.6 Å². The molecule has 2 heteroatoms. The van der Waals surface area contributed by atoms with Crippen LogP contribution in [0, 0.1) is 0 Å². The van der Waals surface area contributed by atoms with Crippen molar-refractivity contribution in [3.8, 4) is 0 Å². The normalized spacial score (nSPS) is 17.4. The van der Waals surface area contributed by atoms with E-state index < -0.39 is 0 Å². The second-order valence-corrected chi connectivity index (χ2v) is 5.18. The van der Waals surface area contributed by atoms with Crippen LogP contribution in [0.2, 0.25) is 0 Å². The van der Waals surface area contributed by atoms with Gasteiger partial charge in [0.15, 0.2) is 0 Å². The largest absolute Gasteiger partial charge is 0.501 e. The lowest BCUT2D eigenvalue weighted by Gasteiger charge is -2.19. The number of hydrogen-bond donors (Lipinski definition) is 1. The van der Waals surface area contributed by atoms with Crippen molar-refractivity contribution >= 4 is 0 Å². The van der Waals surface area contributed by atoms with E-state index in [0.717, 1.165) is 25.9 Å². The van der Waals surface area contributed by atoms with Crippen LogP contribution in [0.15, 0.2) is 11.8 Å². The minimum atomic E-state index is 0.242. The van der Waals surface area contributed by atoms with Crippen LogP contribution in [0.4, 0.5) is 0 Å². The monoisotopic (exact) mass is 239 g/mol. The summed E-state index contributed by atoms with van der Waals surface area (Å²) in [6, 6.07) is 0.242. The van der Waals surface area contributed by atoms with Crippen LogP contribution in [0.25, 0.3) is 0 Å². The lowest BCUT2D eigenvalue weighted by atomic mass is 9.97. The molecule has 0 amide bonds. The Balaban J connectivity index is 1.96. The highest BCUT2D eigenvalue weighted by atomic mass is 16.5. The fourth-order valence-electron chi connectivity index (χ4n) is 2.36. The molecule has 1 aliphatic heterocycles. The Morgan fingerprint density at radius 2 is 1.88 bits per heavy atom. The van der Waals surface area contributed by atoms with E-state index in [9.17, 15) is 0 Å². The van der Waals surface area contributed by atoms with E-state index in [1.54, 1.807) is 0 Å². The Bertz CT molecular complexity index is 213. The Morgan fingerprint density at radius 3 is 2.53 bits per heavy atom. The van der Waals surface area contributed by atoms with E-state index >= 15 is 0 Å². The van der Waals surface area contributed by atoms with Crippen molar-refractivity contribution in [1.82, 2.24) is 0 Å². The minimum absolute atomic E-state index is 0.242. The summed E-state index contributed by atoms with van der Waals surface area (Å²) in [5, 5.41) is 0. The maximum atomic E-state index is 6.16. The summed E-state index contributed by atoms with van der Waals surface area (Å²) < 4.78 is 5.33. The van der Waals surface area contributed by atoms with Gasteiger partial charge in [-0.2, -0.15) is 0 Å². The molecule has 0 bridgehead atoms. The smallest absolute Gasteiger partial charge is 0.0876 e. The van der Waals surface area contributed by atoms with Gasteiger partial charge in [0.2, 0.25) is 0 Å². The van der Waals surface area contributed by atoms with Gasteiger partial charge in [0, 0.05) is 6.04 Å². The van der Waals surface area contributed by atoms with Crippen LogP contribution in [0.1, 0.15) is 71.1 Å². The zero-order valence-corrected chi connectivity index (χ0v) is 11.4. The van der Waals surface area contributed by atoms with Gasteiger partial charge < -0.3 is 10.5 Å². The molecule has 1 aliphatic rings. The highest BCUT2D eigenvalue weighted by molar-refractivity contribution is 5.08. The van der Waals surface area contributed by atoms with Crippen molar-refractivity contribution in [2.75, 3.05) is 6.61 Å². The average Bonchev–Trinajstić information content (AvgIpc) is 2.38. The van der Waals surface area contributed by atoms with E-state index in [2.05, 4.69) is 6.92 Å². The molecule has 0 aromatic rings. The minimum Gasteiger partial charge on any atom is -0.501 e. The molecule has 1 unspecified atom stereocenters. The van der Waals surface area contributed by atoms with E-state index in [1.165, 1.54) is 50.5 Å². The summed E-state index contributed by atoms with van der Waals surface area (Å²) in [5.41, 5.74) is 7.48. The van der Waals surface area contributed by atoms with Crippen molar-refractivity contribution in [3.63, 3.8) is 0 Å². The first kappa shape index (κ1) is 14.6. The molecule has 0 fully saturated rings. The standard InChI is InChI=1S/C15H29NO/c1-2-3-4-5-6-7-8-11-15(16)14-10-9-12-17-13-14/h13,15H,2-12,16H2,1H3. The van der Waals surface area contributed by atoms with Crippen molar-refractivity contribution in [2.45, 2.75) is 77.2 Å². The van der Waals surface area contributed by atoms with Crippen LogP contribution in [0.3, 0.4) is 0 Å². The van der Waals surface area contributed by atoms with Crippen molar-refractivity contribution in [3.05, 3.63) is 11.8 Å². The molecule has 2 nitrogen and oxygen atoms in total. The summed E-state index contributed by atoms with van der Waals surface area (Å²) >= 11 is 0. The molecule has 1 atom stereocenters. The quantitative estimate of drug-likeness (QED) is 0.613. The number of unbranched alkanes of at least 4 members (excludes halogenated alkanes) is 6. The number of rotatable bonds is 9. The zero-order valence-electron chi connectivity index (χ0n) is 11.4. The van der Waals surface area contributed by atoms with Crippen molar-refractivity contribution in [2.24, 2.45) is 5.73 Å². The fraction of sp³-hybridized carbons (Fsp3) is 0.867. The first-order chi connectivity index (χ1) is 8.34. The number of hydrogen-bond acceptors (Lipinski definition) is 2. The molecule has 2 N–H and O–H groups in total. The molecule has 1 heterocycles. The van der Waals surface area contributed by atoms with E-state index in [4.69, 9.17) is 10.5 Å². The molecule has 0 aromatic heterocycles. The van der Waals surface area contributed by atoms with Gasteiger partial charge in [0.05, 0.1) is 12.9 Å². The molecule has 0 saturated carbocycles. The van der Waals surface area contributed by atoms with Gasteiger partial charge >= 0.3 is 0 Å². The predicted octanol–water partition coefficient (Wildman–Crippen LogP) is 4.15. The maximum absolute atomic E-state index is 6.16. The molecule has 0 saturated heterocycles. The summed E-state index contributed by atoms with van der Waals surface area (Å²) in [6.45, 7) is 3.13. The van der Waals surface area contributed by atoms with Gasteiger partial charge in [-0.25, -0.2) is 0 Å². The van der Waals surface area contributed by atoms with E-state index in [0.29, 0.717) is 0 Å². The summed E-state index contributed by atoms with van der Waals surface area (Å²) in [4.78, 5) is 0. The predicted molar refractivity (Wildman–Crippen MR) is 73.9 cm³/mol. The van der Waals surface area contributed by atoms with Gasteiger partial charge in [-0.3, -0.25) is 0 Å². The molecule has 0 aromatic carbocycles. The number of nitrogens with two attached hydrogens (primary N) is 1. The summed E-state index contributed by atoms with van der Waals surface area (Å²) in [6.07, 6.45) is 14.8. The van der Waals surface area contributed by atoms with Crippen LogP contribution < -0.4 is 5.73 Å². The summed E-state index contributed by atoms with van der Waals surface area (Å²) in [7, 11) is 0. The van der Waals surface area contributed by atoms with Crippen LogP contribution in [0.5, 0.6) is 0 Å². The highest BCUT2D eigenvalue weighted by Gasteiger charge is 2.12. The van der Waals surface area contributed by atoms with Crippen molar-refractivity contribution in [1.29, 1.82) is 0 Å². The third kappa shape index (κ3) is 6.72. The Labute approximate surface area is 107 Å². The van der Waals surface area contributed by atoms with Gasteiger partial charge in [-0.15, -0.1) is 0 Å². The van der Waals surface area contributed by atoms with Gasteiger partial charge in [0.25, 0.3) is 0 Å². The second-order valence-electron chi connectivity index (χ2n) is 5.18. The van der Waals surface area contributed by atoms with Crippen molar-refractivity contribution < 1.29 is 4.74 Å². The van der Waals surface area contributed by atoms with Gasteiger partial charge in [-0.1, -0.05) is 51.9 Å². The van der Waals surface area contributed by atoms with E-state index in [-0.39, 0.29) is 6.04 Å². The van der Waals surface area contributed by atoms with Gasteiger partial charge in [-0.05, 0) is 24.8 Å². The lowest BCUT2D eigenvalue weighted by molar-refractivity contribution is 0.220. The first-order valence-electron chi connectivity index (χ1n) is 7.40. The molecule has 100 valence electrons. The average molecular weight is 239 g/mol. The van der Waals surface area contributed by atoms with Crippen LogP contribution >= 0.6 is 0 Å². The van der Waals surface area contributed by atoms with Crippen LogP contribution in [-0.2, 0) is 4.74 Å². The lowest BCUT2D eigenvalue weighted by Crippen LogP contribution is -2.24. The molecular formula is C15H29NO. The SMILES string of the molecule is CCCCCCCCCC(N)C1=COCCC1. The molecule has 0 aliphatic carbocycles. The molecule has 17 heavy (non-hydrogen) atoms. The fourth-order valence-corrected chi connectivity index (χ4v) is 2.36. The van der Waals surface area contributed by atoms with Gasteiger partial charge in [0.1, 0.15) is 0 Å². The third-order valence-electron chi connectivity index (χ3n) is 3.56. The summed E-state index contributed by atoms with van der Waals surface area (Å²) in [5.74, 6) is 0. The molecule has 0 spiro atoms. The topological polar surface area (TPSA) is 35.2 Å². The Hall–Kier alpha value is -0.500. The highest BCUT2D eigenvalue weighted by Crippen LogP contribution is 2.18. The zero-order chi connectivity index (χ0) is 12.3. The Morgan fingerprint density at radius 1 is 1.18 bits per heavy atom. The second kappa shape index (κ2) is 9.52. The maximum Gasteiger partial charge on any atom is 0.0876 e. The molecule has 0 radical (unpaired) electrons. The molecular weight excluding hydrogens is 210 g/mol. The third-order valence-corrected chi connectivity index (χ3v) is 3.56. The van der Waals surface area contributed by atoms with E-state index in [1.807, 2.05) is 6.26 Å². The molecule has 1 rings (SSSR count).